The van der Waals surface area contributed by atoms with E-state index >= 15 is 0 Å². The fraction of sp³-hybridized carbons (Fsp3) is 0.148. The maximum absolute atomic E-state index is 13.3. The Balaban J connectivity index is 1.44. The summed E-state index contributed by atoms with van der Waals surface area (Å²) in [6.07, 6.45) is 1.72. The maximum atomic E-state index is 13.3. The third-order valence-corrected chi connectivity index (χ3v) is 6.14. The lowest BCUT2D eigenvalue weighted by atomic mass is 10.1. The summed E-state index contributed by atoms with van der Waals surface area (Å²) in [6.45, 7) is 3.88. The number of hydrogen-bond acceptors (Lipinski definition) is 3. The Morgan fingerprint density at radius 1 is 0.971 bits per heavy atom. The first-order chi connectivity index (χ1) is 16.4. The van der Waals surface area contributed by atoms with E-state index in [2.05, 4.69) is 10.4 Å². The molecule has 0 radical (unpaired) electrons. The van der Waals surface area contributed by atoms with Gasteiger partial charge < -0.3 is 9.88 Å². The number of carbonyl (C=O) groups is 1. The van der Waals surface area contributed by atoms with E-state index in [1.807, 2.05) is 54.8 Å². The second-order valence-corrected chi connectivity index (χ2v) is 8.31. The standard InChI is InChI=1S/C27H23FN4O2/c1-17(23-15-29-32(18(23)2)20-13-11-19(28)12-14-20)30-26(33)16-31-24-9-5-3-7-21(24)27(34)22-8-4-6-10-25(22)31/h3-15,17H,16H2,1-2H3,(H,30,33)/t17-/m1/s1. The largest absolute Gasteiger partial charge is 0.348 e. The van der Waals surface area contributed by atoms with Crippen LogP contribution in [0.4, 0.5) is 4.39 Å². The normalized spacial score (nSPS) is 12.2. The molecule has 1 atom stereocenters. The van der Waals surface area contributed by atoms with Crippen LogP contribution in [-0.4, -0.2) is 20.3 Å². The summed E-state index contributed by atoms with van der Waals surface area (Å²) >= 11 is 0. The molecular weight excluding hydrogens is 431 g/mol. The van der Waals surface area contributed by atoms with E-state index in [1.54, 1.807) is 35.1 Å². The summed E-state index contributed by atoms with van der Waals surface area (Å²) in [6, 6.07) is 20.5. The van der Waals surface area contributed by atoms with Crippen molar-refractivity contribution in [3.63, 3.8) is 0 Å². The number of para-hydroxylation sites is 2. The average Bonchev–Trinajstić information content (AvgIpc) is 3.23. The van der Waals surface area contributed by atoms with Crippen LogP contribution in [0, 0.1) is 12.7 Å². The van der Waals surface area contributed by atoms with Crippen molar-refractivity contribution in [1.82, 2.24) is 19.7 Å². The first kappa shape index (κ1) is 21.6. The number of aromatic nitrogens is 3. The topological polar surface area (TPSA) is 68.9 Å². The minimum absolute atomic E-state index is 0.0416. The predicted octanol–water partition coefficient (Wildman–Crippen LogP) is 4.67. The number of nitrogens with one attached hydrogen (secondary N) is 1. The van der Waals surface area contributed by atoms with Crippen molar-refractivity contribution in [3.8, 4) is 5.69 Å². The Morgan fingerprint density at radius 3 is 2.18 bits per heavy atom. The average molecular weight is 455 g/mol. The van der Waals surface area contributed by atoms with Gasteiger partial charge in [-0.15, -0.1) is 0 Å². The summed E-state index contributed by atoms with van der Waals surface area (Å²) in [7, 11) is 0. The van der Waals surface area contributed by atoms with E-state index in [1.165, 1.54) is 12.1 Å². The molecule has 170 valence electrons. The van der Waals surface area contributed by atoms with Crippen LogP contribution in [0.25, 0.3) is 27.5 Å². The van der Waals surface area contributed by atoms with Gasteiger partial charge in [-0.3, -0.25) is 9.59 Å². The van der Waals surface area contributed by atoms with Gasteiger partial charge in [-0.25, -0.2) is 9.07 Å². The molecular formula is C27H23FN4O2. The molecule has 0 bridgehead atoms. The number of benzene rings is 3. The van der Waals surface area contributed by atoms with Gasteiger partial charge in [0.25, 0.3) is 0 Å². The second-order valence-electron chi connectivity index (χ2n) is 8.31. The Labute approximate surface area is 195 Å². The van der Waals surface area contributed by atoms with Crippen molar-refractivity contribution in [2.24, 2.45) is 0 Å². The number of halogens is 1. The van der Waals surface area contributed by atoms with E-state index in [0.717, 1.165) is 16.9 Å². The van der Waals surface area contributed by atoms with Crippen LogP contribution in [0.2, 0.25) is 0 Å². The zero-order chi connectivity index (χ0) is 23.8. The van der Waals surface area contributed by atoms with E-state index in [4.69, 9.17) is 0 Å². The molecule has 0 saturated carbocycles. The fourth-order valence-electron chi connectivity index (χ4n) is 4.45. The molecule has 1 N–H and O–H groups in total. The molecule has 0 saturated heterocycles. The number of pyridine rings is 1. The lowest BCUT2D eigenvalue weighted by Crippen LogP contribution is -2.31. The maximum Gasteiger partial charge on any atom is 0.240 e. The summed E-state index contributed by atoms with van der Waals surface area (Å²) in [5, 5.41) is 8.64. The van der Waals surface area contributed by atoms with Gasteiger partial charge in [-0.2, -0.15) is 5.10 Å². The molecule has 3 aromatic carbocycles. The van der Waals surface area contributed by atoms with E-state index in [0.29, 0.717) is 21.8 Å². The third kappa shape index (κ3) is 3.75. The molecule has 2 aromatic heterocycles. The first-order valence-electron chi connectivity index (χ1n) is 11.0. The fourth-order valence-corrected chi connectivity index (χ4v) is 4.45. The van der Waals surface area contributed by atoms with Crippen molar-refractivity contribution in [3.05, 3.63) is 106 Å². The van der Waals surface area contributed by atoms with Gasteiger partial charge >= 0.3 is 0 Å². The van der Waals surface area contributed by atoms with Gasteiger partial charge in [-0.05, 0) is 62.4 Å². The van der Waals surface area contributed by atoms with Crippen LogP contribution in [0.3, 0.4) is 0 Å². The molecule has 1 amide bonds. The molecule has 0 unspecified atom stereocenters. The smallest absolute Gasteiger partial charge is 0.240 e. The number of rotatable bonds is 5. The number of fused-ring (bicyclic) bond motifs is 2. The van der Waals surface area contributed by atoms with Crippen LogP contribution >= 0.6 is 0 Å². The van der Waals surface area contributed by atoms with Crippen LogP contribution in [0.5, 0.6) is 0 Å². The number of nitrogens with zero attached hydrogens (tertiary/aromatic N) is 3. The highest BCUT2D eigenvalue weighted by Gasteiger charge is 2.18. The molecule has 34 heavy (non-hydrogen) atoms. The van der Waals surface area contributed by atoms with E-state index in [9.17, 15) is 14.0 Å². The third-order valence-electron chi connectivity index (χ3n) is 6.14. The Bertz CT molecular complexity index is 1520. The van der Waals surface area contributed by atoms with Crippen molar-refractivity contribution >= 4 is 27.7 Å². The zero-order valence-corrected chi connectivity index (χ0v) is 18.8. The van der Waals surface area contributed by atoms with Crippen LogP contribution < -0.4 is 10.7 Å². The first-order valence-corrected chi connectivity index (χ1v) is 11.0. The molecule has 5 rings (SSSR count). The predicted molar refractivity (Wildman–Crippen MR) is 131 cm³/mol. The molecule has 6 nitrogen and oxygen atoms in total. The van der Waals surface area contributed by atoms with Crippen LogP contribution in [-0.2, 0) is 11.3 Å². The molecule has 0 fully saturated rings. The van der Waals surface area contributed by atoms with Crippen LogP contribution in [0.15, 0.2) is 83.8 Å². The molecule has 7 heteroatoms. The van der Waals surface area contributed by atoms with Crippen LogP contribution in [0.1, 0.15) is 24.2 Å². The number of amides is 1. The Morgan fingerprint density at radius 2 is 1.56 bits per heavy atom. The summed E-state index contributed by atoms with van der Waals surface area (Å²) in [5.41, 5.74) is 3.87. The highest BCUT2D eigenvalue weighted by Crippen LogP contribution is 2.22. The molecule has 0 aliphatic carbocycles. The number of hydrogen-bond donors (Lipinski definition) is 1. The lowest BCUT2D eigenvalue weighted by molar-refractivity contribution is -0.122. The van der Waals surface area contributed by atoms with Crippen molar-refractivity contribution in [2.45, 2.75) is 26.4 Å². The summed E-state index contributed by atoms with van der Waals surface area (Å²) < 4.78 is 16.9. The van der Waals surface area contributed by atoms with Crippen molar-refractivity contribution in [2.75, 3.05) is 0 Å². The highest BCUT2D eigenvalue weighted by molar-refractivity contribution is 5.94. The lowest BCUT2D eigenvalue weighted by Gasteiger charge is -2.18. The minimum Gasteiger partial charge on any atom is -0.348 e. The van der Waals surface area contributed by atoms with Gasteiger partial charge in [-0.1, -0.05) is 24.3 Å². The zero-order valence-electron chi connectivity index (χ0n) is 18.8. The van der Waals surface area contributed by atoms with E-state index < -0.39 is 0 Å². The SMILES string of the molecule is Cc1c([C@@H](C)NC(=O)Cn2c3ccccc3c(=O)c3ccccc32)cnn1-c1ccc(F)cc1. The number of carbonyl (C=O) groups excluding carboxylic acids is 1. The molecule has 0 aliphatic rings. The van der Waals surface area contributed by atoms with Gasteiger partial charge in [0, 0.05) is 22.0 Å². The highest BCUT2D eigenvalue weighted by atomic mass is 19.1. The van der Waals surface area contributed by atoms with Crippen molar-refractivity contribution in [1.29, 1.82) is 0 Å². The van der Waals surface area contributed by atoms with Crippen molar-refractivity contribution < 1.29 is 9.18 Å². The van der Waals surface area contributed by atoms with Gasteiger partial charge in [0.1, 0.15) is 12.4 Å². The molecule has 2 heterocycles. The van der Waals surface area contributed by atoms with Gasteiger partial charge in [0.2, 0.25) is 5.91 Å². The second kappa shape index (κ2) is 8.59. The summed E-state index contributed by atoms with van der Waals surface area (Å²) in [5.74, 6) is -0.489. The Hall–Kier alpha value is -4.26. The van der Waals surface area contributed by atoms with E-state index in [-0.39, 0.29) is 29.7 Å². The summed E-state index contributed by atoms with van der Waals surface area (Å²) in [4.78, 5) is 26.0. The van der Waals surface area contributed by atoms with Gasteiger partial charge in [0.05, 0.1) is 29.0 Å². The Kier molecular flexibility index (Phi) is 5.45. The quantitative estimate of drug-likeness (QED) is 0.393. The van der Waals surface area contributed by atoms with Gasteiger partial charge in [0.15, 0.2) is 5.43 Å². The minimum atomic E-state index is -0.308. The molecule has 0 aliphatic heterocycles. The monoisotopic (exact) mass is 454 g/mol. The molecule has 0 spiro atoms. The molecule has 5 aromatic rings.